The topological polar surface area (TPSA) is 80.0 Å². The molecule has 0 fully saturated rings. The van der Waals surface area contributed by atoms with Gasteiger partial charge in [0.05, 0.1) is 12.3 Å². The third-order valence-electron chi connectivity index (χ3n) is 2.55. The number of nitrogens with one attached hydrogen (secondary N) is 1. The molecule has 1 atom stereocenters. The Morgan fingerprint density at radius 1 is 1.47 bits per heavy atom. The van der Waals surface area contributed by atoms with Gasteiger partial charge in [0.1, 0.15) is 0 Å². The van der Waals surface area contributed by atoms with Crippen molar-refractivity contribution in [2.24, 2.45) is 7.05 Å². The molecule has 0 radical (unpaired) electrons. The largest absolute Gasteiger partial charge is 0.387 e. The standard InChI is InChI=1S/C12H13ClN4O2/c1-17-7-10(15-16-17)12(19)14-6-11(18)8-2-4-9(13)5-3-8/h2-5,7,11,18H,6H2,1H3,(H,14,19). The van der Waals surface area contributed by atoms with Crippen molar-refractivity contribution in [1.29, 1.82) is 0 Å². The number of amides is 1. The smallest absolute Gasteiger partial charge is 0.273 e. The van der Waals surface area contributed by atoms with Gasteiger partial charge >= 0.3 is 0 Å². The van der Waals surface area contributed by atoms with E-state index in [4.69, 9.17) is 11.6 Å². The van der Waals surface area contributed by atoms with E-state index in [1.54, 1.807) is 31.3 Å². The quantitative estimate of drug-likeness (QED) is 0.873. The maximum atomic E-state index is 11.7. The first kappa shape index (κ1) is 13.5. The minimum atomic E-state index is -0.794. The number of nitrogens with zero attached hydrogens (tertiary/aromatic N) is 3. The zero-order chi connectivity index (χ0) is 13.8. The van der Waals surface area contributed by atoms with Crippen molar-refractivity contribution in [3.05, 3.63) is 46.7 Å². The molecule has 0 saturated heterocycles. The zero-order valence-electron chi connectivity index (χ0n) is 10.2. The summed E-state index contributed by atoms with van der Waals surface area (Å²) in [7, 11) is 1.67. The van der Waals surface area contributed by atoms with Crippen LogP contribution in [0.1, 0.15) is 22.2 Å². The Morgan fingerprint density at radius 3 is 2.74 bits per heavy atom. The zero-order valence-corrected chi connectivity index (χ0v) is 11.0. The van der Waals surface area contributed by atoms with Crippen LogP contribution in [0.3, 0.4) is 0 Å². The van der Waals surface area contributed by atoms with Crippen LogP contribution in [0.25, 0.3) is 0 Å². The maximum absolute atomic E-state index is 11.7. The van der Waals surface area contributed by atoms with Crippen LogP contribution in [0.2, 0.25) is 5.02 Å². The molecular formula is C12H13ClN4O2. The van der Waals surface area contributed by atoms with Crippen molar-refractivity contribution >= 4 is 17.5 Å². The molecule has 0 aliphatic carbocycles. The summed E-state index contributed by atoms with van der Waals surface area (Å²) in [6.07, 6.45) is 0.710. The number of carbonyl (C=O) groups excluding carboxylic acids is 1. The minimum absolute atomic E-state index is 0.0943. The Balaban J connectivity index is 1.91. The van der Waals surface area contributed by atoms with Crippen LogP contribution in [0.5, 0.6) is 0 Å². The highest BCUT2D eigenvalue weighted by Gasteiger charge is 2.13. The van der Waals surface area contributed by atoms with E-state index in [9.17, 15) is 9.90 Å². The minimum Gasteiger partial charge on any atom is -0.387 e. The lowest BCUT2D eigenvalue weighted by molar-refractivity contribution is 0.0911. The van der Waals surface area contributed by atoms with Crippen LogP contribution in [0.15, 0.2) is 30.5 Å². The van der Waals surface area contributed by atoms with Gasteiger partial charge in [-0.2, -0.15) is 0 Å². The number of hydrogen-bond acceptors (Lipinski definition) is 4. The van der Waals surface area contributed by atoms with E-state index in [1.807, 2.05) is 0 Å². The van der Waals surface area contributed by atoms with Gasteiger partial charge in [-0.1, -0.05) is 28.9 Å². The average Bonchev–Trinajstić information content (AvgIpc) is 2.83. The molecule has 0 spiro atoms. The third-order valence-corrected chi connectivity index (χ3v) is 2.80. The number of carbonyl (C=O) groups is 1. The van der Waals surface area contributed by atoms with Gasteiger partial charge in [-0.05, 0) is 17.7 Å². The van der Waals surface area contributed by atoms with E-state index in [-0.39, 0.29) is 18.1 Å². The molecular weight excluding hydrogens is 268 g/mol. The molecule has 1 aromatic carbocycles. The number of hydrogen-bond donors (Lipinski definition) is 2. The molecule has 19 heavy (non-hydrogen) atoms. The fourth-order valence-electron chi connectivity index (χ4n) is 1.53. The molecule has 1 amide bonds. The first-order chi connectivity index (χ1) is 9.06. The second-order valence-corrected chi connectivity index (χ2v) is 4.49. The summed E-state index contributed by atoms with van der Waals surface area (Å²) in [5, 5.41) is 20.4. The van der Waals surface area contributed by atoms with Gasteiger partial charge in [0.2, 0.25) is 0 Å². The van der Waals surface area contributed by atoms with Crippen molar-refractivity contribution in [2.45, 2.75) is 6.10 Å². The van der Waals surface area contributed by atoms with Gasteiger partial charge < -0.3 is 10.4 Å². The lowest BCUT2D eigenvalue weighted by Crippen LogP contribution is -2.28. The molecule has 2 N–H and O–H groups in total. The SMILES string of the molecule is Cn1cc(C(=O)NCC(O)c2ccc(Cl)cc2)nn1. The number of aryl methyl sites for hydroxylation is 1. The fourth-order valence-corrected chi connectivity index (χ4v) is 1.66. The average molecular weight is 281 g/mol. The first-order valence-corrected chi connectivity index (χ1v) is 6.02. The first-order valence-electron chi connectivity index (χ1n) is 5.64. The van der Waals surface area contributed by atoms with E-state index in [1.165, 1.54) is 10.9 Å². The Hall–Kier alpha value is -1.92. The fraction of sp³-hybridized carbons (Fsp3) is 0.250. The van der Waals surface area contributed by atoms with E-state index in [0.29, 0.717) is 10.6 Å². The lowest BCUT2D eigenvalue weighted by atomic mass is 10.1. The molecule has 0 saturated carbocycles. The summed E-state index contributed by atoms with van der Waals surface area (Å²) in [5.74, 6) is -0.374. The molecule has 100 valence electrons. The molecule has 0 bridgehead atoms. The van der Waals surface area contributed by atoms with Gasteiger partial charge in [0.15, 0.2) is 5.69 Å². The Labute approximate surface area is 115 Å². The van der Waals surface area contributed by atoms with Crippen LogP contribution in [-0.4, -0.2) is 32.6 Å². The van der Waals surface area contributed by atoms with E-state index >= 15 is 0 Å². The Kier molecular flexibility index (Phi) is 4.13. The summed E-state index contributed by atoms with van der Waals surface area (Å²) < 4.78 is 1.44. The molecule has 0 aliphatic rings. The normalized spacial score (nSPS) is 12.2. The number of rotatable bonds is 4. The van der Waals surface area contributed by atoms with Crippen molar-refractivity contribution in [1.82, 2.24) is 20.3 Å². The third kappa shape index (κ3) is 3.52. The van der Waals surface area contributed by atoms with Crippen molar-refractivity contribution in [3.63, 3.8) is 0 Å². The van der Waals surface area contributed by atoms with Crippen LogP contribution in [0.4, 0.5) is 0 Å². The van der Waals surface area contributed by atoms with E-state index < -0.39 is 6.10 Å². The molecule has 1 heterocycles. The number of benzene rings is 1. The predicted octanol–water partition coefficient (Wildman–Crippen LogP) is 0.932. The highest BCUT2D eigenvalue weighted by molar-refractivity contribution is 6.30. The van der Waals surface area contributed by atoms with Gasteiger partial charge in [0.25, 0.3) is 5.91 Å². The molecule has 0 aliphatic heterocycles. The second kappa shape index (κ2) is 5.81. The van der Waals surface area contributed by atoms with Crippen LogP contribution in [-0.2, 0) is 7.05 Å². The Bertz CT molecular complexity index is 567. The molecule has 1 unspecified atom stereocenters. The van der Waals surface area contributed by atoms with E-state index in [0.717, 1.165) is 0 Å². The lowest BCUT2D eigenvalue weighted by Gasteiger charge is -2.11. The van der Waals surface area contributed by atoms with Gasteiger partial charge in [-0.15, -0.1) is 5.10 Å². The molecule has 7 heteroatoms. The highest BCUT2D eigenvalue weighted by atomic mass is 35.5. The predicted molar refractivity (Wildman–Crippen MR) is 69.7 cm³/mol. The van der Waals surface area contributed by atoms with Crippen molar-refractivity contribution < 1.29 is 9.90 Å². The molecule has 2 rings (SSSR count). The van der Waals surface area contributed by atoms with E-state index in [2.05, 4.69) is 15.6 Å². The van der Waals surface area contributed by atoms with Crippen molar-refractivity contribution in [3.8, 4) is 0 Å². The summed E-state index contributed by atoms with van der Waals surface area (Å²) in [6.45, 7) is 0.0943. The summed E-state index contributed by atoms with van der Waals surface area (Å²) >= 11 is 5.76. The second-order valence-electron chi connectivity index (χ2n) is 4.05. The Morgan fingerprint density at radius 2 is 2.16 bits per heavy atom. The van der Waals surface area contributed by atoms with Crippen LogP contribution < -0.4 is 5.32 Å². The maximum Gasteiger partial charge on any atom is 0.273 e. The molecule has 6 nitrogen and oxygen atoms in total. The van der Waals surface area contributed by atoms with Crippen molar-refractivity contribution in [2.75, 3.05) is 6.54 Å². The summed E-state index contributed by atoms with van der Waals surface area (Å²) in [4.78, 5) is 11.7. The number of aliphatic hydroxyl groups excluding tert-OH is 1. The summed E-state index contributed by atoms with van der Waals surface area (Å²) in [5.41, 5.74) is 0.898. The highest BCUT2D eigenvalue weighted by Crippen LogP contribution is 2.15. The molecule has 2 aromatic rings. The van der Waals surface area contributed by atoms with Gasteiger partial charge in [0, 0.05) is 18.6 Å². The van der Waals surface area contributed by atoms with Gasteiger partial charge in [-0.3, -0.25) is 9.48 Å². The number of halogens is 1. The molecule has 1 aromatic heterocycles. The van der Waals surface area contributed by atoms with Crippen LogP contribution in [0, 0.1) is 0 Å². The van der Waals surface area contributed by atoms with Gasteiger partial charge in [-0.25, -0.2) is 0 Å². The summed E-state index contributed by atoms with van der Waals surface area (Å²) in [6, 6.07) is 6.79. The monoisotopic (exact) mass is 280 g/mol. The number of aromatic nitrogens is 3. The number of aliphatic hydroxyl groups is 1. The van der Waals surface area contributed by atoms with Crippen LogP contribution >= 0.6 is 11.6 Å².